The van der Waals surface area contributed by atoms with Crippen molar-refractivity contribution in [3.8, 4) is 22.8 Å². The lowest BCUT2D eigenvalue weighted by Gasteiger charge is -2.25. The van der Waals surface area contributed by atoms with Crippen molar-refractivity contribution in [2.75, 3.05) is 26.0 Å². The zero-order valence-electron chi connectivity index (χ0n) is 15.6. The van der Waals surface area contributed by atoms with E-state index in [0.717, 1.165) is 16.1 Å². The van der Waals surface area contributed by atoms with Crippen LogP contribution in [0.25, 0.3) is 11.3 Å². The Morgan fingerprint density at radius 2 is 2.07 bits per heavy atom. The molecule has 3 aromatic rings. The summed E-state index contributed by atoms with van der Waals surface area (Å²) in [6, 6.07) is 11.1. The van der Waals surface area contributed by atoms with Gasteiger partial charge in [-0.2, -0.15) is 0 Å². The number of fused-ring (bicyclic) bond motifs is 1. The Balaban J connectivity index is 1.53. The number of ether oxygens (including phenoxy) is 2. The highest BCUT2D eigenvalue weighted by molar-refractivity contribution is 7.16. The number of nitrogens with one attached hydrogen (secondary N) is 1. The average Bonchev–Trinajstić information content (AvgIpc) is 3.09. The molecule has 1 unspecified atom stereocenters. The van der Waals surface area contributed by atoms with Crippen molar-refractivity contribution >= 4 is 22.4 Å². The van der Waals surface area contributed by atoms with E-state index in [0.29, 0.717) is 23.2 Å². The SMILES string of the molecule is CN(C)Cc1sc(NC(=O)C2COc3ccccc3O2)nc1-c1cccnc1. The van der Waals surface area contributed by atoms with Gasteiger partial charge in [0.15, 0.2) is 16.6 Å². The number of aromatic nitrogens is 2. The molecule has 1 aliphatic heterocycles. The molecular weight excluding hydrogens is 376 g/mol. The first-order valence-electron chi connectivity index (χ1n) is 8.84. The van der Waals surface area contributed by atoms with Gasteiger partial charge in [-0.05, 0) is 38.4 Å². The van der Waals surface area contributed by atoms with Gasteiger partial charge in [-0.1, -0.05) is 23.5 Å². The highest BCUT2D eigenvalue weighted by Crippen LogP contribution is 2.33. The van der Waals surface area contributed by atoms with Crippen molar-refractivity contribution < 1.29 is 14.3 Å². The first-order valence-corrected chi connectivity index (χ1v) is 9.66. The van der Waals surface area contributed by atoms with Crippen LogP contribution in [0, 0.1) is 0 Å². The molecule has 4 rings (SSSR count). The first-order chi connectivity index (χ1) is 13.6. The third-order valence-corrected chi connectivity index (χ3v) is 5.08. The number of benzene rings is 1. The van der Waals surface area contributed by atoms with E-state index in [1.54, 1.807) is 18.5 Å². The van der Waals surface area contributed by atoms with Crippen LogP contribution >= 0.6 is 11.3 Å². The number of pyridine rings is 1. The van der Waals surface area contributed by atoms with Crippen LogP contribution in [0.3, 0.4) is 0 Å². The molecule has 1 N–H and O–H groups in total. The maximum Gasteiger partial charge on any atom is 0.270 e. The lowest BCUT2D eigenvalue weighted by atomic mass is 10.2. The van der Waals surface area contributed by atoms with Crippen LogP contribution in [-0.4, -0.2) is 47.6 Å². The number of hydrogen-bond acceptors (Lipinski definition) is 7. The summed E-state index contributed by atoms with van der Waals surface area (Å²) in [7, 11) is 3.99. The van der Waals surface area contributed by atoms with E-state index in [4.69, 9.17) is 9.47 Å². The summed E-state index contributed by atoms with van der Waals surface area (Å²) >= 11 is 1.45. The number of nitrogens with zero attached hydrogens (tertiary/aromatic N) is 3. The number of rotatable bonds is 5. The van der Waals surface area contributed by atoms with Crippen molar-refractivity contribution in [1.82, 2.24) is 14.9 Å². The summed E-state index contributed by atoms with van der Waals surface area (Å²) in [4.78, 5) is 24.6. The van der Waals surface area contributed by atoms with Crippen LogP contribution in [0.1, 0.15) is 4.88 Å². The molecule has 1 atom stereocenters. The van der Waals surface area contributed by atoms with Gasteiger partial charge in [0.1, 0.15) is 6.61 Å². The topological polar surface area (TPSA) is 76.6 Å². The molecule has 1 amide bonds. The molecule has 0 spiro atoms. The second kappa shape index (κ2) is 7.95. The zero-order valence-corrected chi connectivity index (χ0v) is 16.4. The van der Waals surface area contributed by atoms with Crippen LogP contribution in [0.4, 0.5) is 5.13 Å². The van der Waals surface area contributed by atoms with Crippen LogP contribution in [-0.2, 0) is 11.3 Å². The number of anilines is 1. The number of hydrogen-bond donors (Lipinski definition) is 1. The predicted octanol–water partition coefficient (Wildman–Crippen LogP) is 3.05. The fourth-order valence-electron chi connectivity index (χ4n) is 2.86. The smallest absolute Gasteiger partial charge is 0.270 e. The highest BCUT2D eigenvalue weighted by atomic mass is 32.1. The maximum absolute atomic E-state index is 12.7. The van der Waals surface area contributed by atoms with E-state index < -0.39 is 6.10 Å². The summed E-state index contributed by atoms with van der Waals surface area (Å²) in [5.41, 5.74) is 1.75. The molecule has 8 heteroatoms. The van der Waals surface area contributed by atoms with E-state index in [-0.39, 0.29) is 12.5 Å². The molecule has 1 aliphatic rings. The molecule has 3 heterocycles. The predicted molar refractivity (Wildman–Crippen MR) is 108 cm³/mol. The number of amides is 1. The van der Waals surface area contributed by atoms with Crippen LogP contribution < -0.4 is 14.8 Å². The summed E-state index contributed by atoms with van der Waals surface area (Å²) in [5.74, 6) is 0.933. The monoisotopic (exact) mass is 396 g/mol. The van der Waals surface area contributed by atoms with Crippen LogP contribution in [0.15, 0.2) is 48.8 Å². The van der Waals surface area contributed by atoms with Gasteiger partial charge in [-0.3, -0.25) is 15.1 Å². The Kier molecular flexibility index (Phi) is 5.23. The van der Waals surface area contributed by atoms with E-state index in [1.165, 1.54) is 11.3 Å². The van der Waals surface area contributed by atoms with Crippen LogP contribution in [0.5, 0.6) is 11.5 Å². The standard InChI is InChI=1S/C20H20N4O3S/c1-24(2)11-17-18(13-6-5-9-21-10-13)22-20(28-17)23-19(25)16-12-26-14-7-3-4-8-15(14)27-16/h3-10,16H,11-12H2,1-2H3,(H,22,23,25). The van der Waals surface area contributed by atoms with Crippen molar-refractivity contribution in [3.63, 3.8) is 0 Å². The summed E-state index contributed by atoms with van der Waals surface area (Å²) < 4.78 is 11.4. The van der Waals surface area contributed by atoms with Crippen molar-refractivity contribution in [2.24, 2.45) is 0 Å². The minimum atomic E-state index is -0.724. The van der Waals surface area contributed by atoms with Gasteiger partial charge in [-0.25, -0.2) is 4.98 Å². The summed E-state index contributed by atoms with van der Waals surface area (Å²) in [6.45, 7) is 0.877. The van der Waals surface area contributed by atoms with Gasteiger partial charge in [0, 0.05) is 29.4 Å². The van der Waals surface area contributed by atoms with E-state index in [2.05, 4.69) is 20.2 Å². The summed E-state index contributed by atoms with van der Waals surface area (Å²) in [6.07, 6.45) is 2.77. The second-order valence-corrected chi connectivity index (χ2v) is 7.71. The molecule has 144 valence electrons. The Morgan fingerprint density at radius 1 is 1.25 bits per heavy atom. The molecule has 0 aliphatic carbocycles. The first kappa shape index (κ1) is 18.4. The molecule has 0 radical (unpaired) electrons. The van der Waals surface area contributed by atoms with Crippen molar-refractivity contribution in [3.05, 3.63) is 53.7 Å². The largest absolute Gasteiger partial charge is 0.485 e. The van der Waals surface area contributed by atoms with Crippen LogP contribution in [0.2, 0.25) is 0 Å². The maximum atomic E-state index is 12.7. The van der Waals surface area contributed by atoms with Gasteiger partial charge < -0.3 is 14.4 Å². The van der Waals surface area contributed by atoms with E-state index in [1.807, 2.05) is 44.4 Å². The number of thiazole rings is 1. The molecule has 28 heavy (non-hydrogen) atoms. The normalized spacial score (nSPS) is 15.5. The fraction of sp³-hybridized carbons (Fsp3) is 0.250. The molecule has 2 aromatic heterocycles. The third-order valence-electron chi connectivity index (χ3n) is 4.12. The lowest BCUT2D eigenvalue weighted by Crippen LogP contribution is -2.40. The lowest BCUT2D eigenvalue weighted by molar-refractivity contribution is -0.125. The Labute approximate surface area is 167 Å². The van der Waals surface area contributed by atoms with Crippen molar-refractivity contribution in [1.29, 1.82) is 0 Å². The van der Waals surface area contributed by atoms with E-state index in [9.17, 15) is 4.79 Å². The zero-order chi connectivity index (χ0) is 19.5. The average molecular weight is 396 g/mol. The Hall–Kier alpha value is -2.97. The van der Waals surface area contributed by atoms with Gasteiger partial charge in [-0.15, -0.1) is 0 Å². The summed E-state index contributed by atoms with van der Waals surface area (Å²) in [5, 5.41) is 3.40. The molecule has 0 fully saturated rings. The Morgan fingerprint density at radius 3 is 2.82 bits per heavy atom. The minimum Gasteiger partial charge on any atom is -0.485 e. The molecule has 0 saturated heterocycles. The molecule has 0 bridgehead atoms. The molecule has 1 aromatic carbocycles. The number of para-hydroxylation sites is 2. The number of carbonyl (C=O) groups excluding carboxylic acids is 1. The number of carbonyl (C=O) groups is 1. The second-order valence-electron chi connectivity index (χ2n) is 6.62. The highest BCUT2D eigenvalue weighted by Gasteiger charge is 2.28. The fourth-order valence-corrected chi connectivity index (χ4v) is 3.97. The quantitative estimate of drug-likeness (QED) is 0.714. The van der Waals surface area contributed by atoms with E-state index >= 15 is 0 Å². The third kappa shape index (κ3) is 3.97. The van der Waals surface area contributed by atoms with Gasteiger partial charge in [0.25, 0.3) is 5.91 Å². The molecular formula is C20H20N4O3S. The van der Waals surface area contributed by atoms with Crippen molar-refractivity contribution in [2.45, 2.75) is 12.6 Å². The Bertz CT molecular complexity index is 975. The van der Waals surface area contributed by atoms with Gasteiger partial charge in [0.2, 0.25) is 6.10 Å². The van der Waals surface area contributed by atoms with Gasteiger partial charge in [0.05, 0.1) is 5.69 Å². The minimum absolute atomic E-state index is 0.161. The molecule has 7 nitrogen and oxygen atoms in total. The molecule has 0 saturated carbocycles. The van der Waals surface area contributed by atoms with Gasteiger partial charge >= 0.3 is 0 Å².